The van der Waals surface area contributed by atoms with E-state index >= 15 is 0 Å². The Kier molecular flexibility index (Phi) is 3.73. The second-order valence-electron chi connectivity index (χ2n) is 4.35. The van der Waals surface area contributed by atoms with Crippen LogP contribution >= 0.6 is 0 Å². The standard InChI is InChI=1S/C11H18FN5/c1-2-17(7-8-4-3-5-8)10-9(12)6-14-11(15-10)16-13/h6,8H,2-5,7,13H2,1H3,(H,14,15,16). The first kappa shape index (κ1) is 12.0. The van der Waals surface area contributed by atoms with Crippen LogP contribution in [0.1, 0.15) is 26.2 Å². The lowest BCUT2D eigenvalue weighted by molar-refractivity contribution is 0.317. The highest BCUT2D eigenvalue weighted by Gasteiger charge is 2.22. The summed E-state index contributed by atoms with van der Waals surface area (Å²) in [5.41, 5.74) is 2.34. The second kappa shape index (κ2) is 5.27. The molecule has 2 rings (SSSR count). The van der Waals surface area contributed by atoms with Crippen LogP contribution in [0.25, 0.3) is 0 Å². The van der Waals surface area contributed by atoms with Crippen LogP contribution in [-0.2, 0) is 0 Å². The molecule has 94 valence electrons. The Bertz CT molecular complexity index is 380. The van der Waals surface area contributed by atoms with E-state index in [9.17, 15) is 4.39 Å². The number of nitrogens with two attached hydrogens (primary N) is 1. The van der Waals surface area contributed by atoms with Crippen molar-refractivity contribution in [3.8, 4) is 0 Å². The van der Waals surface area contributed by atoms with Crippen molar-refractivity contribution in [3.05, 3.63) is 12.0 Å². The zero-order valence-corrected chi connectivity index (χ0v) is 9.99. The van der Waals surface area contributed by atoms with E-state index in [1.165, 1.54) is 19.3 Å². The van der Waals surface area contributed by atoms with Gasteiger partial charge in [0, 0.05) is 13.1 Å². The minimum atomic E-state index is -0.398. The van der Waals surface area contributed by atoms with Crippen LogP contribution in [0.3, 0.4) is 0 Å². The first-order valence-electron chi connectivity index (χ1n) is 5.98. The van der Waals surface area contributed by atoms with Crippen molar-refractivity contribution in [1.82, 2.24) is 9.97 Å². The molecule has 0 spiro atoms. The van der Waals surface area contributed by atoms with E-state index in [2.05, 4.69) is 15.4 Å². The predicted molar refractivity (Wildman–Crippen MR) is 65.0 cm³/mol. The summed E-state index contributed by atoms with van der Waals surface area (Å²) in [5, 5.41) is 0. The molecule has 1 aromatic rings. The third-order valence-corrected chi connectivity index (χ3v) is 3.24. The normalized spacial score (nSPS) is 15.5. The highest BCUT2D eigenvalue weighted by Crippen LogP contribution is 2.29. The Hall–Kier alpha value is -1.43. The van der Waals surface area contributed by atoms with E-state index in [-0.39, 0.29) is 5.95 Å². The lowest BCUT2D eigenvalue weighted by atomic mass is 9.85. The van der Waals surface area contributed by atoms with Crippen molar-refractivity contribution in [2.75, 3.05) is 23.4 Å². The van der Waals surface area contributed by atoms with Gasteiger partial charge in [-0.1, -0.05) is 6.42 Å². The van der Waals surface area contributed by atoms with Gasteiger partial charge >= 0.3 is 0 Å². The van der Waals surface area contributed by atoms with Crippen LogP contribution in [0.2, 0.25) is 0 Å². The van der Waals surface area contributed by atoms with Gasteiger partial charge in [-0.05, 0) is 25.7 Å². The molecule has 0 saturated heterocycles. The van der Waals surface area contributed by atoms with Gasteiger partial charge in [0.05, 0.1) is 6.20 Å². The summed E-state index contributed by atoms with van der Waals surface area (Å²) < 4.78 is 13.7. The summed E-state index contributed by atoms with van der Waals surface area (Å²) in [6.07, 6.45) is 4.89. The fraction of sp³-hybridized carbons (Fsp3) is 0.636. The van der Waals surface area contributed by atoms with E-state index in [1.54, 1.807) is 0 Å². The van der Waals surface area contributed by atoms with E-state index in [4.69, 9.17) is 5.84 Å². The highest BCUT2D eigenvalue weighted by atomic mass is 19.1. The maximum Gasteiger partial charge on any atom is 0.239 e. The van der Waals surface area contributed by atoms with Crippen LogP contribution in [0.4, 0.5) is 16.2 Å². The Morgan fingerprint density at radius 2 is 2.35 bits per heavy atom. The van der Waals surface area contributed by atoms with Gasteiger partial charge in [0.15, 0.2) is 11.6 Å². The molecule has 1 heterocycles. The van der Waals surface area contributed by atoms with Crippen LogP contribution in [0, 0.1) is 11.7 Å². The maximum atomic E-state index is 13.7. The quantitative estimate of drug-likeness (QED) is 0.602. The van der Waals surface area contributed by atoms with Gasteiger partial charge in [0.25, 0.3) is 0 Å². The molecule has 0 atom stereocenters. The van der Waals surface area contributed by atoms with Gasteiger partial charge in [0.1, 0.15) is 0 Å². The largest absolute Gasteiger partial charge is 0.354 e. The van der Waals surface area contributed by atoms with Gasteiger partial charge in [0.2, 0.25) is 5.95 Å². The lowest BCUT2D eigenvalue weighted by Crippen LogP contribution is -2.34. The molecule has 1 saturated carbocycles. The molecule has 6 heteroatoms. The number of nitrogens with zero attached hydrogens (tertiary/aromatic N) is 3. The Morgan fingerprint density at radius 1 is 1.59 bits per heavy atom. The fourth-order valence-corrected chi connectivity index (χ4v) is 2.00. The van der Waals surface area contributed by atoms with Crippen molar-refractivity contribution in [2.24, 2.45) is 11.8 Å². The summed E-state index contributed by atoms with van der Waals surface area (Å²) >= 11 is 0. The van der Waals surface area contributed by atoms with Crippen molar-refractivity contribution in [3.63, 3.8) is 0 Å². The summed E-state index contributed by atoms with van der Waals surface area (Å²) in [4.78, 5) is 9.76. The summed E-state index contributed by atoms with van der Waals surface area (Å²) in [7, 11) is 0. The number of hydrazine groups is 1. The molecular formula is C11H18FN5. The highest BCUT2D eigenvalue weighted by molar-refractivity contribution is 5.43. The Balaban J connectivity index is 2.15. The number of rotatable bonds is 5. The smallest absolute Gasteiger partial charge is 0.239 e. The number of nitrogens with one attached hydrogen (secondary N) is 1. The number of halogens is 1. The molecule has 0 aromatic carbocycles. The predicted octanol–water partition coefficient (Wildman–Crippen LogP) is 1.53. The molecule has 0 bridgehead atoms. The molecule has 1 aliphatic rings. The molecule has 0 radical (unpaired) electrons. The number of hydrogen-bond donors (Lipinski definition) is 2. The maximum absolute atomic E-state index is 13.7. The first-order valence-corrected chi connectivity index (χ1v) is 5.98. The number of anilines is 2. The Labute approximate surface area is 100 Å². The van der Waals surface area contributed by atoms with Crippen LogP contribution in [0.15, 0.2) is 6.20 Å². The molecule has 5 nitrogen and oxygen atoms in total. The van der Waals surface area contributed by atoms with E-state index in [1.807, 2.05) is 11.8 Å². The molecule has 1 fully saturated rings. The summed E-state index contributed by atoms with van der Waals surface area (Å²) in [5.74, 6) is 6.08. The third-order valence-electron chi connectivity index (χ3n) is 3.24. The molecule has 3 N–H and O–H groups in total. The van der Waals surface area contributed by atoms with Crippen LogP contribution in [0.5, 0.6) is 0 Å². The van der Waals surface area contributed by atoms with Crippen LogP contribution < -0.4 is 16.2 Å². The first-order chi connectivity index (χ1) is 8.24. The SMILES string of the molecule is CCN(CC1CCC1)c1nc(NN)ncc1F. The zero-order valence-electron chi connectivity index (χ0n) is 9.99. The lowest BCUT2D eigenvalue weighted by Gasteiger charge is -2.32. The molecular weight excluding hydrogens is 221 g/mol. The summed E-state index contributed by atoms with van der Waals surface area (Å²) in [6.45, 7) is 3.58. The van der Waals surface area contributed by atoms with Crippen molar-refractivity contribution < 1.29 is 4.39 Å². The van der Waals surface area contributed by atoms with Gasteiger partial charge in [-0.3, -0.25) is 5.43 Å². The molecule has 0 amide bonds. The monoisotopic (exact) mass is 239 g/mol. The number of hydrogen-bond acceptors (Lipinski definition) is 5. The number of nitrogen functional groups attached to an aromatic ring is 1. The second-order valence-corrected chi connectivity index (χ2v) is 4.35. The molecule has 0 unspecified atom stereocenters. The average molecular weight is 239 g/mol. The van der Waals surface area contributed by atoms with Crippen LogP contribution in [-0.4, -0.2) is 23.1 Å². The minimum absolute atomic E-state index is 0.244. The van der Waals surface area contributed by atoms with Crippen molar-refractivity contribution in [1.29, 1.82) is 0 Å². The van der Waals surface area contributed by atoms with Gasteiger partial charge in [-0.25, -0.2) is 15.2 Å². The van der Waals surface area contributed by atoms with E-state index in [0.717, 1.165) is 19.3 Å². The molecule has 17 heavy (non-hydrogen) atoms. The topological polar surface area (TPSA) is 67.1 Å². The third kappa shape index (κ3) is 2.63. The zero-order chi connectivity index (χ0) is 12.3. The van der Waals surface area contributed by atoms with Gasteiger partial charge in [-0.15, -0.1) is 0 Å². The average Bonchev–Trinajstić information content (AvgIpc) is 2.29. The van der Waals surface area contributed by atoms with Crippen molar-refractivity contribution in [2.45, 2.75) is 26.2 Å². The molecule has 1 aromatic heterocycles. The molecule has 0 aliphatic heterocycles. The van der Waals surface area contributed by atoms with E-state index in [0.29, 0.717) is 11.7 Å². The van der Waals surface area contributed by atoms with E-state index < -0.39 is 5.82 Å². The number of aromatic nitrogens is 2. The van der Waals surface area contributed by atoms with Crippen molar-refractivity contribution >= 4 is 11.8 Å². The minimum Gasteiger partial charge on any atom is -0.354 e. The summed E-state index contributed by atoms with van der Waals surface area (Å²) in [6, 6.07) is 0. The molecule has 1 aliphatic carbocycles. The van der Waals surface area contributed by atoms with Gasteiger partial charge in [-0.2, -0.15) is 4.98 Å². The fourth-order valence-electron chi connectivity index (χ4n) is 2.00. The van der Waals surface area contributed by atoms with Gasteiger partial charge < -0.3 is 4.90 Å². The Morgan fingerprint density at radius 3 is 2.88 bits per heavy atom.